The quantitative estimate of drug-likeness (QED) is 0.425. The molecule has 1 atom stereocenters. The molecule has 0 aromatic heterocycles. The molecule has 1 amide bonds. The number of alkyl halides is 3. The molecule has 0 heterocycles. The van der Waals surface area contributed by atoms with Crippen molar-refractivity contribution in [3.05, 3.63) is 81.4 Å². The number of halogens is 3. The Bertz CT molecular complexity index is 861. The second-order valence-corrected chi connectivity index (χ2v) is 5.93. The first-order chi connectivity index (χ1) is 12.6. The van der Waals surface area contributed by atoms with Crippen LogP contribution in [0.1, 0.15) is 29.7 Å². The molecule has 0 fully saturated rings. The van der Waals surface area contributed by atoms with E-state index in [4.69, 9.17) is 0 Å². The molecule has 8 heteroatoms. The van der Waals surface area contributed by atoms with Crippen LogP contribution in [0.25, 0.3) is 6.08 Å². The van der Waals surface area contributed by atoms with Crippen LogP contribution in [0.4, 0.5) is 18.9 Å². The largest absolute Gasteiger partial charge is 0.416 e. The van der Waals surface area contributed by atoms with Crippen molar-refractivity contribution in [2.24, 2.45) is 0 Å². The van der Waals surface area contributed by atoms with E-state index < -0.39 is 22.7 Å². The van der Waals surface area contributed by atoms with E-state index in [0.717, 1.165) is 12.1 Å². The highest BCUT2D eigenvalue weighted by molar-refractivity contribution is 5.91. The van der Waals surface area contributed by atoms with Crippen LogP contribution in [-0.4, -0.2) is 22.8 Å². The van der Waals surface area contributed by atoms with Gasteiger partial charge >= 0.3 is 6.18 Å². The third kappa shape index (κ3) is 5.16. The zero-order valence-corrected chi connectivity index (χ0v) is 14.6. The first-order valence-electron chi connectivity index (χ1n) is 7.96. The average Bonchev–Trinajstić information content (AvgIpc) is 2.64. The first-order valence-corrected chi connectivity index (χ1v) is 7.96. The highest BCUT2D eigenvalue weighted by Gasteiger charge is 2.29. The fourth-order valence-corrected chi connectivity index (χ4v) is 2.38. The minimum absolute atomic E-state index is 0.0690. The summed E-state index contributed by atoms with van der Waals surface area (Å²) in [4.78, 5) is 24.0. The van der Waals surface area contributed by atoms with Gasteiger partial charge in [0.25, 0.3) is 5.69 Å². The van der Waals surface area contributed by atoms with Crippen LogP contribution in [0.5, 0.6) is 0 Å². The summed E-state index contributed by atoms with van der Waals surface area (Å²) < 4.78 is 37.6. The summed E-state index contributed by atoms with van der Waals surface area (Å²) in [6.45, 7) is 1.73. The van der Waals surface area contributed by atoms with Crippen molar-refractivity contribution in [3.63, 3.8) is 0 Å². The van der Waals surface area contributed by atoms with Gasteiger partial charge in [-0.15, -0.1) is 0 Å². The number of amides is 1. The molecule has 0 aliphatic carbocycles. The number of benzene rings is 2. The maximum absolute atomic E-state index is 12.5. The van der Waals surface area contributed by atoms with Gasteiger partial charge in [-0.05, 0) is 36.3 Å². The van der Waals surface area contributed by atoms with Gasteiger partial charge in [0, 0.05) is 25.3 Å². The maximum Gasteiger partial charge on any atom is 0.416 e. The summed E-state index contributed by atoms with van der Waals surface area (Å²) in [5.41, 5.74) is 0.221. The molecule has 5 nitrogen and oxygen atoms in total. The number of nitro benzene ring substituents is 1. The van der Waals surface area contributed by atoms with E-state index >= 15 is 0 Å². The van der Waals surface area contributed by atoms with E-state index in [0.29, 0.717) is 11.1 Å². The fourth-order valence-electron chi connectivity index (χ4n) is 2.38. The minimum atomic E-state index is -4.41. The number of hydrogen-bond acceptors (Lipinski definition) is 3. The van der Waals surface area contributed by atoms with Gasteiger partial charge in [0.15, 0.2) is 0 Å². The monoisotopic (exact) mass is 378 g/mol. The molecule has 0 saturated carbocycles. The molecule has 0 N–H and O–H groups in total. The molecule has 0 bridgehead atoms. The zero-order valence-electron chi connectivity index (χ0n) is 14.6. The van der Waals surface area contributed by atoms with Crippen LogP contribution in [0.3, 0.4) is 0 Å². The minimum Gasteiger partial charge on any atom is -0.335 e. The van der Waals surface area contributed by atoms with Gasteiger partial charge in [-0.3, -0.25) is 14.9 Å². The molecule has 0 aliphatic heterocycles. The van der Waals surface area contributed by atoms with Crippen molar-refractivity contribution < 1.29 is 22.9 Å². The third-order valence-electron chi connectivity index (χ3n) is 4.15. The molecule has 142 valence electrons. The molecular weight excluding hydrogens is 361 g/mol. The number of carbonyl (C=O) groups is 1. The number of rotatable bonds is 5. The zero-order chi connectivity index (χ0) is 20.2. The van der Waals surface area contributed by atoms with Crippen molar-refractivity contribution in [1.29, 1.82) is 0 Å². The fraction of sp³-hybridized carbons (Fsp3) is 0.211. The average molecular weight is 378 g/mol. The van der Waals surface area contributed by atoms with E-state index in [1.165, 1.54) is 41.3 Å². The third-order valence-corrected chi connectivity index (χ3v) is 4.15. The Hall–Kier alpha value is -3.16. The van der Waals surface area contributed by atoms with Crippen molar-refractivity contribution in [1.82, 2.24) is 4.90 Å². The number of nitro groups is 1. The lowest BCUT2D eigenvalue weighted by molar-refractivity contribution is -0.384. The topological polar surface area (TPSA) is 63.5 Å². The summed E-state index contributed by atoms with van der Waals surface area (Å²) in [6, 6.07) is 10.00. The molecule has 2 aromatic rings. The van der Waals surface area contributed by atoms with Crippen LogP contribution >= 0.6 is 0 Å². The highest BCUT2D eigenvalue weighted by atomic mass is 19.4. The number of hydrogen-bond donors (Lipinski definition) is 0. The van der Waals surface area contributed by atoms with E-state index in [1.807, 2.05) is 0 Å². The van der Waals surface area contributed by atoms with E-state index in [9.17, 15) is 28.1 Å². The van der Waals surface area contributed by atoms with Crippen LogP contribution < -0.4 is 0 Å². The van der Waals surface area contributed by atoms with Crippen molar-refractivity contribution in [3.8, 4) is 0 Å². The van der Waals surface area contributed by atoms with E-state index in [1.54, 1.807) is 26.1 Å². The van der Waals surface area contributed by atoms with Crippen molar-refractivity contribution in [2.45, 2.75) is 19.1 Å². The lowest BCUT2D eigenvalue weighted by Crippen LogP contribution is -2.28. The highest BCUT2D eigenvalue weighted by Crippen LogP contribution is 2.29. The van der Waals surface area contributed by atoms with Gasteiger partial charge < -0.3 is 4.90 Å². The Kier molecular flexibility index (Phi) is 5.99. The summed E-state index contributed by atoms with van der Waals surface area (Å²) >= 11 is 0. The molecule has 2 rings (SSSR count). The molecule has 27 heavy (non-hydrogen) atoms. The van der Waals surface area contributed by atoms with Crippen LogP contribution in [0.15, 0.2) is 54.6 Å². The lowest BCUT2D eigenvalue weighted by atomic mass is 10.1. The van der Waals surface area contributed by atoms with Gasteiger partial charge in [0.1, 0.15) is 0 Å². The number of carbonyl (C=O) groups excluding carboxylic acids is 1. The first kappa shape index (κ1) is 20.2. The lowest BCUT2D eigenvalue weighted by Gasteiger charge is -2.24. The predicted octanol–water partition coefficient (Wildman–Crippen LogP) is 4.85. The van der Waals surface area contributed by atoms with Crippen LogP contribution in [0, 0.1) is 10.1 Å². The summed E-state index contributed by atoms with van der Waals surface area (Å²) in [6.07, 6.45) is -1.75. The summed E-state index contributed by atoms with van der Waals surface area (Å²) in [5.74, 6) is -0.381. The Morgan fingerprint density at radius 3 is 2.37 bits per heavy atom. The molecule has 0 radical (unpaired) electrons. The van der Waals surface area contributed by atoms with Gasteiger partial charge in [0.05, 0.1) is 16.5 Å². The Balaban J connectivity index is 2.09. The van der Waals surface area contributed by atoms with E-state index in [-0.39, 0.29) is 11.6 Å². The number of non-ortho nitro benzene ring substituents is 1. The van der Waals surface area contributed by atoms with Crippen LogP contribution in [0.2, 0.25) is 0 Å². The second-order valence-electron chi connectivity index (χ2n) is 5.93. The number of nitrogens with zero attached hydrogens (tertiary/aromatic N) is 2. The van der Waals surface area contributed by atoms with E-state index in [2.05, 4.69) is 0 Å². The van der Waals surface area contributed by atoms with Crippen molar-refractivity contribution in [2.75, 3.05) is 7.05 Å². The van der Waals surface area contributed by atoms with Crippen molar-refractivity contribution >= 4 is 17.7 Å². The van der Waals surface area contributed by atoms with Gasteiger partial charge in [-0.2, -0.15) is 13.2 Å². The Morgan fingerprint density at radius 1 is 1.19 bits per heavy atom. The van der Waals surface area contributed by atoms with Gasteiger partial charge in [-0.25, -0.2) is 0 Å². The SMILES string of the molecule is C[C@@H](c1cccc([N+](=O)[O-])c1)N(C)C(=O)/C=C/c1ccc(C(F)(F)F)cc1. The summed E-state index contributed by atoms with van der Waals surface area (Å²) in [5, 5.41) is 10.9. The molecule has 0 aliphatic rings. The molecule has 0 unspecified atom stereocenters. The standard InChI is InChI=1S/C19H17F3N2O3/c1-13(15-4-3-5-17(12-15)24(26)27)23(2)18(25)11-8-14-6-9-16(10-7-14)19(20,21)22/h3-13H,1-2H3/b11-8+/t13-/m0/s1. The Morgan fingerprint density at radius 2 is 1.81 bits per heavy atom. The number of likely N-dealkylation sites (N-methyl/N-ethyl adjacent to an activating group) is 1. The summed E-state index contributed by atoms with van der Waals surface area (Å²) in [7, 11) is 1.54. The van der Waals surface area contributed by atoms with Crippen LogP contribution in [-0.2, 0) is 11.0 Å². The molecule has 2 aromatic carbocycles. The van der Waals surface area contributed by atoms with Gasteiger partial charge in [-0.1, -0.05) is 24.3 Å². The molecule has 0 saturated heterocycles. The molecule has 0 spiro atoms. The molecular formula is C19H17F3N2O3. The maximum atomic E-state index is 12.5. The van der Waals surface area contributed by atoms with Gasteiger partial charge in [0.2, 0.25) is 5.91 Å². The second kappa shape index (κ2) is 8.03. The smallest absolute Gasteiger partial charge is 0.335 e. The predicted molar refractivity (Wildman–Crippen MR) is 94.8 cm³/mol. The normalized spacial score (nSPS) is 12.8. The Labute approximate surface area is 153 Å².